The molecule has 0 unspecified atom stereocenters. The number of nitrogens with zero attached hydrogens (tertiary/aromatic N) is 2. The van der Waals surface area contributed by atoms with Crippen LogP contribution >= 0.6 is 11.3 Å². The van der Waals surface area contributed by atoms with E-state index in [2.05, 4.69) is 9.88 Å². The highest BCUT2D eigenvalue weighted by atomic mass is 32.1. The molecule has 4 nitrogen and oxygen atoms in total. The number of ether oxygens (including phenoxy) is 1. The third kappa shape index (κ3) is 2.68. The van der Waals surface area contributed by atoms with E-state index in [1.807, 2.05) is 6.20 Å². The van der Waals surface area contributed by atoms with E-state index in [-0.39, 0.29) is 0 Å². The molecule has 2 fully saturated rings. The maximum Gasteiger partial charge on any atom is 0.180 e. The summed E-state index contributed by atoms with van der Waals surface area (Å²) in [6.07, 6.45) is 7.07. The molecule has 0 bridgehead atoms. The number of rotatable bonds is 2. The molecule has 0 aromatic carbocycles. The molecule has 2 aliphatic rings. The molecule has 1 aromatic rings. The van der Waals surface area contributed by atoms with Crippen molar-refractivity contribution in [2.45, 2.75) is 32.2 Å². The van der Waals surface area contributed by atoms with Gasteiger partial charge in [0.1, 0.15) is 0 Å². The van der Waals surface area contributed by atoms with Gasteiger partial charge in [-0.2, -0.15) is 0 Å². The largest absolute Gasteiger partial charge is 0.381 e. The van der Waals surface area contributed by atoms with Crippen LogP contribution in [0.15, 0.2) is 6.20 Å². The van der Waals surface area contributed by atoms with Crippen LogP contribution in [0.25, 0.3) is 0 Å². The van der Waals surface area contributed by atoms with Crippen molar-refractivity contribution in [3.8, 4) is 0 Å². The van der Waals surface area contributed by atoms with Gasteiger partial charge in [0.05, 0.1) is 0 Å². The summed E-state index contributed by atoms with van der Waals surface area (Å²) in [5.41, 5.74) is 6.21. The lowest BCUT2D eigenvalue weighted by molar-refractivity contribution is -0.0289. The van der Waals surface area contributed by atoms with Crippen LogP contribution in [0, 0.1) is 5.41 Å². The van der Waals surface area contributed by atoms with Crippen LogP contribution in [-0.4, -0.2) is 36.2 Å². The van der Waals surface area contributed by atoms with Crippen molar-refractivity contribution in [3.05, 3.63) is 11.1 Å². The van der Waals surface area contributed by atoms with Crippen molar-refractivity contribution in [2.24, 2.45) is 5.41 Å². The fourth-order valence-corrected chi connectivity index (χ4v) is 4.00. The van der Waals surface area contributed by atoms with Crippen LogP contribution in [0.3, 0.4) is 0 Å². The molecular weight excluding hydrogens is 246 g/mol. The summed E-state index contributed by atoms with van der Waals surface area (Å²) in [7, 11) is 0. The van der Waals surface area contributed by atoms with Crippen LogP contribution in [0.5, 0.6) is 0 Å². The monoisotopic (exact) mass is 267 g/mol. The van der Waals surface area contributed by atoms with Gasteiger partial charge in [-0.15, -0.1) is 11.3 Å². The number of likely N-dealkylation sites (tertiary alicyclic amines) is 1. The summed E-state index contributed by atoms with van der Waals surface area (Å²) >= 11 is 1.62. The first kappa shape index (κ1) is 12.4. The number of hydrogen-bond donors (Lipinski definition) is 1. The van der Waals surface area contributed by atoms with Gasteiger partial charge in [0.15, 0.2) is 5.13 Å². The predicted octanol–water partition coefficient (Wildman–Crippen LogP) is 2.12. The summed E-state index contributed by atoms with van der Waals surface area (Å²) < 4.78 is 5.51. The van der Waals surface area contributed by atoms with Crippen molar-refractivity contribution < 1.29 is 4.74 Å². The SMILES string of the molecule is Nc1ncc(CN2CCCC3(CCOCC3)C2)s1. The van der Waals surface area contributed by atoms with E-state index in [0.29, 0.717) is 10.5 Å². The number of hydrogen-bond acceptors (Lipinski definition) is 5. The van der Waals surface area contributed by atoms with Crippen molar-refractivity contribution in [1.29, 1.82) is 0 Å². The van der Waals surface area contributed by atoms with Crippen molar-refractivity contribution in [2.75, 3.05) is 32.0 Å². The second-order valence-electron chi connectivity index (χ2n) is 5.59. The summed E-state index contributed by atoms with van der Waals surface area (Å²) in [6, 6.07) is 0. The normalized spacial score (nSPS) is 24.4. The lowest BCUT2D eigenvalue weighted by Gasteiger charge is -2.45. The number of nitrogen functional groups attached to an aromatic ring is 1. The van der Waals surface area contributed by atoms with Crippen molar-refractivity contribution in [1.82, 2.24) is 9.88 Å². The zero-order valence-electron chi connectivity index (χ0n) is 10.7. The zero-order chi connectivity index (χ0) is 12.4. The van der Waals surface area contributed by atoms with E-state index in [1.54, 1.807) is 11.3 Å². The Labute approximate surface area is 112 Å². The number of piperidine rings is 1. The molecule has 100 valence electrons. The summed E-state index contributed by atoms with van der Waals surface area (Å²) in [4.78, 5) is 8.00. The Kier molecular flexibility index (Phi) is 3.54. The van der Waals surface area contributed by atoms with E-state index in [4.69, 9.17) is 10.5 Å². The lowest BCUT2D eigenvalue weighted by Crippen LogP contribution is -2.45. The Morgan fingerprint density at radius 2 is 2.22 bits per heavy atom. The van der Waals surface area contributed by atoms with Gasteiger partial charge in [-0.25, -0.2) is 4.98 Å². The maximum absolute atomic E-state index is 5.69. The van der Waals surface area contributed by atoms with Gasteiger partial charge in [0.25, 0.3) is 0 Å². The van der Waals surface area contributed by atoms with Crippen molar-refractivity contribution >= 4 is 16.5 Å². The quantitative estimate of drug-likeness (QED) is 0.891. The fourth-order valence-electron chi connectivity index (χ4n) is 3.27. The molecule has 0 amide bonds. The van der Waals surface area contributed by atoms with E-state index < -0.39 is 0 Å². The van der Waals surface area contributed by atoms with Crippen LogP contribution in [-0.2, 0) is 11.3 Å². The topological polar surface area (TPSA) is 51.4 Å². The van der Waals surface area contributed by atoms with Gasteiger partial charge in [-0.1, -0.05) is 0 Å². The molecule has 1 aromatic heterocycles. The first-order valence-corrected chi connectivity index (χ1v) is 7.58. The van der Waals surface area contributed by atoms with Crippen molar-refractivity contribution in [3.63, 3.8) is 0 Å². The third-order valence-corrected chi connectivity index (χ3v) is 5.06. The Hall–Kier alpha value is -0.650. The smallest absolute Gasteiger partial charge is 0.180 e. The standard InChI is InChI=1S/C13H21N3OS/c14-12-15-8-11(18-12)9-16-5-1-2-13(10-16)3-6-17-7-4-13/h8H,1-7,9-10H2,(H2,14,15). The lowest BCUT2D eigenvalue weighted by atomic mass is 9.74. The van der Waals surface area contributed by atoms with Gasteiger partial charge >= 0.3 is 0 Å². The Balaban J connectivity index is 1.63. The summed E-state index contributed by atoms with van der Waals surface area (Å²) in [5.74, 6) is 0. The second-order valence-corrected chi connectivity index (χ2v) is 6.74. The minimum atomic E-state index is 0.521. The first-order valence-electron chi connectivity index (χ1n) is 6.76. The minimum Gasteiger partial charge on any atom is -0.381 e. The molecule has 3 heterocycles. The molecule has 0 aliphatic carbocycles. The Morgan fingerprint density at radius 1 is 1.39 bits per heavy atom. The van der Waals surface area contributed by atoms with Gasteiger partial charge in [0, 0.05) is 37.4 Å². The predicted molar refractivity (Wildman–Crippen MR) is 73.5 cm³/mol. The molecule has 5 heteroatoms. The summed E-state index contributed by atoms with van der Waals surface area (Å²) in [5, 5.41) is 0.683. The molecule has 18 heavy (non-hydrogen) atoms. The summed E-state index contributed by atoms with van der Waals surface area (Å²) in [6.45, 7) is 5.33. The van der Waals surface area contributed by atoms with Gasteiger partial charge in [0.2, 0.25) is 0 Å². The highest BCUT2D eigenvalue weighted by Gasteiger charge is 2.36. The van der Waals surface area contributed by atoms with Gasteiger partial charge in [-0.05, 0) is 37.6 Å². The average molecular weight is 267 g/mol. The average Bonchev–Trinajstić information content (AvgIpc) is 2.76. The van der Waals surface area contributed by atoms with E-state index in [1.165, 1.54) is 43.6 Å². The Bertz CT molecular complexity index is 395. The minimum absolute atomic E-state index is 0.521. The van der Waals surface area contributed by atoms with Gasteiger partial charge in [-0.3, -0.25) is 4.90 Å². The van der Waals surface area contributed by atoms with Crippen LogP contribution in [0.4, 0.5) is 5.13 Å². The first-order chi connectivity index (χ1) is 8.76. The molecule has 3 rings (SSSR count). The molecular formula is C13H21N3OS. The molecule has 2 N–H and O–H groups in total. The van der Waals surface area contributed by atoms with Crippen LogP contribution in [0.2, 0.25) is 0 Å². The zero-order valence-corrected chi connectivity index (χ0v) is 11.5. The molecule has 0 saturated carbocycles. The molecule has 2 saturated heterocycles. The maximum atomic E-state index is 5.69. The van der Waals surface area contributed by atoms with Crippen LogP contribution < -0.4 is 5.73 Å². The second kappa shape index (κ2) is 5.15. The molecule has 0 radical (unpaired) electrons. The van der Waals surface area contributed by atoms with Crippen LogP contribution in [0.1, 0.15) is 30.6 Å². The molecule has 2 aliphatic heterocycles. The molecule has 1 spiro atoms. The fraction of sp³-hybridized carbons (Fsp3) is 0.769. The molecule has 0 atom stereocenters. The third-order valence-electron chi connectivity index (χ3n) is 4.24. The van der Waals surface area contributed by atoms with E-state index in [0.717, 1.165) is 19.8 Å². The highest BCUT2D eigenvalue weighted by Crippen LogP contribution is 2.39. The number of anilines is 1. The van der Waals surface area contributed by atoms with Gasteiger partial charge < -0.3 is 10.5 Å². The number of thiazole rings is 1. The number of nitrogens with two attached hydrogens (primary N) is 1. The highest BCUT2D eigenvalue weighted by molar-refractivity contribution is 7.15. The number of aromatic nitrogens is 1. The van der Waals surface area contributed by atoms with E-state index in [9.17, 15) is 0 Å². The Morgan fingerprint density at radius 3 is 2.94 bits per heavy atom. The van der Waals surface area contributed by atoms with E-state index >= 15 is 0 Å².